The summed E-state index contributed by atoms with van der Waals surface area (Å²) in [5.41, 5.74) is 6.71. The average molecular weight is 196 g/mol. The Hall–Kier alpha value is -1.16. The zero-order chi connectivity index (χ0) is 10.0. The number of carbonyl (C=O) groups is 1. The van der Waals surface area contributed by atoms with E-state index in [9.17, 15) is 4.79 Å². The highest BCUT2D eigenvalue weighted by atomic mass is 32.1. The number of carbonyl (C=O) groups excluding carboxylic acids is 1. The van der Waals surface area contributed by atoms with Crippen LogP contribution in [0.4, 0.5) is 5.69 Å². The fourth-order valence-corrected chi connectivity index (χ4v) is 1.29. The van der Waals surface area contributed by atoms with E-state index in [-0.39, 0.29) is 5.91 Å². The van der Waals surface area contributed by atoms with E-state index in [0.29, 0.717) is 16.1 Å². The number of hydrogen-bond donors (Lipinski definition) is 2. The SMILES string of the molecule is CN(C)C(=O)c1ccc(N)cc1S. The van der Waals surface area contributed by atoms with E-state index >= 15 is 0 Å². The number of benzene rings is 1. The van der Waals surface area contributed by atoms with Crippen LogP contribution in [0.25, 0.3) is 0 Å². The second-order valence-electron chi connectivity index (χ2n) is 2.98. The molecule has 0 atom stereocenters. The molecule has 13 heavy (non-hydrogen) atoms. The molecular formula is C9H12N2OS. The topological polar surface area (TPSA) is 46.3 Å². The molecule has 0 radical (unpaired) electrons. The van der Waals surface area contributed by atoms with Crippen molar-refractivity contribution in [3.05, 3.63) is 23.8 Å². The first kappa shape index (κ1) is 9.92. The molecule has 1 rings (SSSR count). The van der Waals surface area contributed by atoms with Crippen molar-refractivity contribution in [3.8, 4) is 0 Å². The van der Waals surface area contributed by atoms with Crippen LogP contribution in [-0.4, -0.2) is 24.9 Å². The van der Waals surface area contributed by atoms with Crippen molar-refractivity contribution in [1.29, 1.82) is 0 Å². The molecule has 2 N–H and O–H groups in total. The van der Waals surface area contributed by atoms with Gasteiger partial charge < -0.3 is 10.6 Å². The standard InChI is InChI=1S/C9H12N2OS/c1-11(2)9(12)7-4-3-6(10)5-8(7)13/h3-5,13H,10H2,1-2H3. The summed E-state index contributed by atoms with van der Waals surface area (Å²) in [6.45, 7) is 0. The van der Waals surface area contributed by atoms with E-state index < -0.39 is 0 Å². The summed E-state index contributed by atoms with van der Waals surface area (Å²) in [4.78, 5) is 13.6. The number of nitrogens with zero attached hydrogens (tertiary/aromatic N) is 1. The van der Waals surface area contributed by atoms with E-state index in [1.807, 2.05) is 0 Å². The lowest BCUT2D eigenvalue weighted by molar-refractivity contribution is 0.0824. The zero-order valence-corrected chi connectivity index (χ0v) is 8.51. The average Bonchev–Trinajstić information content (AvgIpc) is 2.03. The maximum Gasteiger partial charge on any atom is 0.254 e. The van der Waals surface area contributed by atoms with E-state index in [2.05, 4.69) is 12.6 Å². The van der Waals surface area contributed by atoms with Gasteiger partial charge in [0.05, 0.1) is 5.56 Å². The molecule has 0 unspecified atom stereocenters. The van der Waals surface area contributed by atoms with Gasteiger partial charge in [0.15, 0.2) is 0 Å². The van der Waals surface area contributed by atoms with Gasteiger partial charge in [0.1, 0.15) is 0 Å². The van der Waals surface area contributed by atoms with Crippen molar-refractivity contribution < 1.29 is 4.79 Å². The van der Waals surface area contributed by atoms with Gasteiger partial charge >= 0.3 is 0 Å². The summed E-state index contributed by atoms with van der Waals surface area (Å²) in [5.74, 6) is -0.0648. The Morgan fingerprint density at radius 3 is 2.54 bits per heavy atom. The van der Waals surface area contributed by atoms with Crippen molar-refractivity contribution >= 4 is 24.2 Å². The van der Waals surface area contributed by atoms with Crippen molar-refractivity contribution in [2.24, 2.45) is 0 Å². The van der Waals surface area contributed by atoms with E-state index in [0.717, 1.165) is 0 Å². The Morgan fingerprint density at radius 2 is 2.08 bits per heavy atom. The predicted octanol–water partition coefficient (Wildman–Crippen LogP) is 1.26. The van der Waals surface area contributed by atoms with Crippen LogP contribution >= 0.6 is 12.6 Å². The first-order chi connectivity index (χ1) is 6.02. The summed E-state index contributed by atoms with van der Waals surface area (Å²) >= 11 is 4.17. The summed E-state index contributed by atoms with van der Waals surface area (Å²) in [5, 5.41) is 0. The third-order valence-electron chi connectivity index (χ3n) is 1.66. The molecule has 0 spiro atoms. The molecule has 0 aliphatic heterocycles. The van der Waals surface area contributed by atoms with Crippen LogP contribution in [0.1, 0.15) is 10.4 Å². The number of thiol groups is 1. The van der Waals surface area contributed by atoms with Crippen LogP contribution in [-0.2, 0) is 0 Å². The number of hydrogen-bond acceptors (Lipinski definition) is 3. The van der Waals surface area contributed by atoms with Crippen molar-refractivity contribution in [3.63, 3.8) is 0 Å². The molecule has 4 heteroatoms. The van der Waals surface area contributed by atoms with Gasteiger partial charge in [-0.3, -0.25) is 4.79 Å². The van der Waals surface area contributed by atoms with E-state index in [1.54, 1.807) is 32.3 Å². The molecule has 1 aromatic carbocycles. The third-order valence-corrected chi connectivity index (χ3v) is 2.03. The molecule has 3 nitrogen and oxygen atoms in total. The minimum atomic E-state index is -0.0648. The molecule has 0 aromatic heterocycles. The number of nitrogens with two attached hydrogens (primary N) is 1. The highest BCUT2D eigenvalue weighted by molar-refractivity contribution is 7.80. The second-order valence-corrected chi connectivity index (χ2v) is 3.46. The van der Waals surface area contributed by atoms with Crippen molar-refractivity contribution in [1.82, 2.24) is 4.90 Å². The first-order valence-electron chi connectivity index (χ1n) is 3.82. The van der Waals surface area contributed by atoms with Gasteiger partial charge in [-0.15, -0.1) is 12.6 Å². The van der Waals surface area contributed by atoms with E-state index in [1.165, 1.54) is 4.90 Å². The Bertz CT molecular complexity index is 336. The van der Waals surface area contributed by atoms with Gasteiger partial charge in [-0.25, -0.2) is 0 Å². The number of anilines is 1. The number of rotatable bonds is 1. The second kappa shape index (κ2) is 3.70. The van der Waals surface area contributed by atoms with Crippen LogP contribution in [0.2, 0.25) is 0 Å². The first-order valence-corrected chi connectivity index (χ1v) is 4.27. The predicted molar refractivity (Wildman–Crippen MR) is 56.1 cm³/mol. The van der Waals surface area contributed by atoms with Gasteiger partial charge in [-0.1, -0.05) is 0 Å². The lowest BCUT2D eigenvalue weighted by Crippen LogP contribution is -2.22. The molecule has 70 valence electrons. The Kier molecular flexibility index (Phi) is 2.83. The summed E-state index contributed by atoms with van der Waals surface area (Å²) in [6, 6.07) is 5.04. The van der Waals surface area contributed by atoms with Gasteiger partial charge in [0.25, 0.3) is 5.91 Å². The number of amides is 1. The number of nitrogen functional groups attached to an aromatic ring is 1. The van der Waals surface area contributed by atoms with Gasteiger partial charge in [0.2, 0.25) is 0 Å². The van der Waals surface area contributed by atoms with Crippen LogP contribution < -0.4 is 5.73 Å². The molecule has 0 saturated carbocycles. The minimum absolute atomic E-state index is 0.0648. The maximum absolute atomic E-state index is 11.5. The molecule has 0 heterocycles. The maximum atomic E-state index is 11.5. The lowest BCUT2D eigenvalue weighted by Gasteiger charge is -2.11. The fraction of sp³-hybridized carbons (Fsp3) is 0.222. The molecule has 0 saturated heterocycles. The molecule has 1 amide bonds. The van der Waals surface area contributed by atoms with Crippen molar-refractivity contribution in [2.75, 3.05) is 19.8 Å². The summed E-state index contributed by atoms with van der Waals surface area (Å²) in [7, 11) is 3.40. The van der Waals surface area contributed by atoms with Crippen LogP contribution in [0, 0.1) is 0 Å². The third kappa shape index (κ3) is 2.15. The normalized spacial score (nSPS) is 9.77. The van der Waals surface area contributed by atoms with Gasteiger partial charge in [0, 0.05) is 24.7 Å². The Balaban J connectivity index is 3.09. The smallest absolute Gasteiger partial charge is 0.254 e. The molecule has 0 bridgehead atoms. The molecular weight excluding hydrogens is 184 g/mol. The summed E-state index contributed by atoms with van der Waals surface area (Å²) < 4.78 is 0. The van der Waals surface area contributed by atoms with Crippen LogP contribution in [0.5, 0.6) is 0 Å². The van der Waals surface area contributed by atoms with E-state index in [4.69, 9.17) is 5.73 Å². The quantitative estimate of drug-likeness (QED) is 0.524. The van der Waals surface area contributed by atoms with Crippen LogP contribution in [0.15, 0.2) is 23.1 Å². The fourth-order valence-electron chi connectivity index (χ4n) is 0.970. The van der Waals surface area contributed by atoms with Crippen LogP contribution in [0.3, 0.4) is 0 Å². The van der Waals surface area contributed by atoms with Gasteiger partial charge in [-0.2, -0.15) is 0 Å². The Labute approximate surface area is 82.9 Å². The molecule has 0 fully saturated rings. The van der Waals surface area contributed by atoms with Gasteiger partial charge in [-0.05, 0) is 18.2 Å². The monoisotopic (exact) mass is 196 g/mol. The molecule has 0 aliphatic carbocycles. The Morgan fingerprint density at radius 1 is 1.46 bits per heavy atom. The molecule has 1 aromatic rings. The largest absolute Gasteiger partial charge is 0.399 e. The van der Waals surface area contributed by atoms with Crippen molar-refractivity contribution in [2.45, 2.75) is 4.90 Å². The minimum Gasteiger partial charge on any atom is -0.399 e. The summed E-state index contributed by atoms with van der Waals surface area (Å²) in [6.07, 6.45) is 0. The highest BCUT2D eigenvalue weighted by Crippen LogP contribution is 2.18. The lowest BCUT2D eigenvalue weighted by atomic mass is 10.2. The molecule has 0 aliphatic rings. The zero-order valence-electron chi connectivity index (χ0n) is 7.61. The highest BCUT2D eigenvalue weighted by Gasteiger charge is 2.10.